The molecule has 1 aromatic rings. The van der Waals surface area contributed by atoms with Crippen molar-refractivity contribution in [3.05, 3.63) is 35.9 Å². The normalized spacial score (nSPS) is 17.7. The van der Waals surface area contributed by atoms with Crippen LogP contribution in [0.25, 0.3) is 0 Å². The van der Waals surface area contributed by atoms with Gasteiger partial charge in [0.15, 0.2) is 0 Å². The van der Waals surface area contributed by atoms with Gasteiger partial charge in [-0.05, 0) is 62.6 Å². The highest BCUT2D eigenvalue weighted by molar-refractivity contribution is 5.15. The highest BCUT2D eigenvalue weighted by Gasteiger charge is 2.32. The molecule has 0 saturated heterocycles. The molecule has 0 atom stereocenters. The number of hydrogen-bond donors (Lipinski definition) is 1. The molecule has 1 aliphatic carbocycles. The number of hydrogen-bond acceptors (Lipinski definition) is 1. The van der Waals surface area contributed by atoms with Crippen LogP contribution in [0.5, 0.6) is 0 Å². The molecular formula is C18H29N. The lowest BCUT2D eigenvalue weighted by Gasteiger charge is -2.29. The van der Waals surface area contributed by atoms with Gasteiger partial charge in [0.05, 0.1) is 0 Å². The van der Waals surface area contributed by atoms with E-state index in [4.69, 9.17) is 0 Å². The number of aryl methyl sites for hydroxylation is 1. The van der Waals surface area contributed by atoms with Gasteiger partial charge in [-0.1, -0.05) is 50.1 Å². The minimum Gasteiger partial charge on any atom is -0.317 e. The summed E-state index contributed by atoms with van der Waals surface area (Å²) in [4.78, 5) is 0. The van der Waals surface area contributed by atoms with Gasteiger partial charge in [0, 0.05) is 0 Å². The van der Waals surface area contributed by atoms with E-state index in [1.54, 1.807) is 0 Å². The van der Waals surface area contributed by atoms with E-state index in [0.29, 0.717) is 5.41 Å². The fraction of sp³-hybridized carbons (Fsp3) is 0.667. The lowest BCUT2D eigenvalue weighted by molar-refractivity contribution is 0.245. The average molecular weight is 259 g/mol. The van der Waals surface area contributed by atoms with E-state index in [-0.39, 0.29) is 0 Å². The van der Waals surface area contributed by atoms with Crippen molar-refractivity contribution in [3.8, 4) is 0 Å². The van der Waals surface area contributed by atoms with Crippen molar-refractivity contribution in [1.29, 1.82) is 0 Å². The Morgan fingerprint density at radius 3 is 2.42 bits per heavy atom. The quantitative estimate of drug-likeness (QED) is 0.674. The number of benzene rings is 1. The van der Waals surface area contributed by atoms with Crippen LogP contribution >= 0.6 is 0 Å². The molecule has 0 radical (unpaired) electrons. The number of rotatable bonds is 8. The van der Waals surface area contributed by atoms with Crippen LogP contribution in [0.3, 0.4) is 0 Å². The third-order valence-corrected chi connectivity index (χ3v) is 4.71. The Morgan fingerprint density at radius 1 is 1.00 bits per heavy atom. The molecule has 1 heteroatoms. The first kappa shape index (κ1) is 14.6. The highest BCUT2D eigenvalue weighted by Crippen LogP contribution is 2.44. The summed E-state index contributed by atoms with van der Waals surface area (Å²) in [6.45, 7) is 4.63. The molecule has 0 spiro atoms. The monoisotopic (exact) mass is 259 g/mol. The van der Waals surface area contributed by atoms with Crippen LogP contribution in [0.1, 0.15) is 57.4 Å². The van der Waals surface area contributed by atoms with Crippen molar-refractivity contribution in [2.24, 2.45) is 5.41 Å². The van der Waals surface area contributed by atoms with Crippen LogP contribution in [-0.2, 0) is 6.42 Å². The number of nitrogens with one attached hydrogen (secondary N) is 1. The molecule has 1 N–H and O–H groups in total. The van der Waals surface area contributed by atoms with Gasteiger partial charge >= 0.3 is 0 Å². The molecule has 0 aliphatic heterocycles. The van der Waals surface area contributed by atoms with E-state index in [2.05, 4.69) is 42.6 Å². The fourth-order valence-corrected chi connectivity index (χ4v) is 3.46. The van der Waals surface area contributed by atoms with Crippen LogP contribution in [0, 0.1) is 5.41 Å². The maximum absolute atomic E-state index is 3.58. The molecule has 2 rings (SSSR count). The van der Waals surface area contributed by atoms with Crippen LogP contribution in [-0.4, -0.2) is 13.1 Å². The molecule has 1 aromatic carbocycles. The third kappa shape index (κ3) is 4.65. The topological polar surface area (TPSA) is 12.0 Å². The molecule has 1 aliphatic rings. The largest absolute Gasteiger partial charge is 0.317 e. The molecule has 1 fully saturated rings. The minimum absolute atomic E-state index is 0.635. The summed E-state index contributed by atoms with van der Waals surface area (Å²) in [5.74, 6) is 0. The summed E-state index contributed by atoms with van der Waals surface area (Å²) in [5.41, 5.74) is 2.15. The van der Waals surface area contributed by atoms with E-state index < -0.39 is 0 Å². The molecule has 0 unspecified atom stereocenters. The zero-order chi connectivity index (χ0) is 13.4. The van der Waals surface area contributed by atoms with E-state index in [9.17, 15) is 0 Å². The van der Waals surface area contributed by atoms with Gasteiger partial charge in [0.2, 0.25) is 0 Å². The Morgan fingerprint density at radius 2 is 1.74 bits per heavy atom. The van der Waals surface area contributed by atoms with Gasteiger partial charge in [0.1, 0.15) is 0 Å². The first-order chi connectivity index (χ1) is 9.35. The van der Waals surface area contributed by atoms with Gasteiger partial charge in [-0.25, -0.2) is 0 Å². The summed E-state index contributed by atoms with van der Waals surface area (Å²) in [6, 6.07) is 11.0. The lowest BCUT2D eigenvalue weighted by Crippen LogP contribution is -2.25. The molecule has 106 valence electrons. The van der Waals surface area contributed by atoms with Crippen LogP contribution < -0.4 is 5.32 Å². The summed E-state index contributed by atoms with van der Waals surface area (Å²) in [5, 5.41) is 3.58. The first-order valence-electron chi connectivity index (χ1n) is 8.09. The van der Waals surface area contributed by atoms with E-state index in [0.717, 1.165) is 0 Å². The van der Waals surface area contributed by atoms with E-state index in [1.165, 1.54) is 70.0 Å². The summed E-state index contributed by atoms with van der Waals surface area (Å²) < 4.78 is 0. The van der Waals surface area contributed by atoms with Crippen molar-refractivity contribution in [1.82, 2.24) is 5.32 Å². The Bertz CT molecular complexity index is 338. The smallest absolute Gasteiger partial charge is 0.00436 e. The van der Waals surface area contributed by atoms with Crippen molar-refractivity contribution in [2.75, 3.05) is 13.1 Å². The molecule has 0 aromatic heterocycles. The predicted molar refractivity (Wildman–Crippen MR) is 83.4 cm³/mol. The summed E-state index contributed by atoms with van der Waals surface area (Å²) in [6.07, 6.45) is 11.1. The Balaban J connectivity index is 1.81. The summed E-state index contributed by atoms with van der Waals surface area (Å²) >= 11 is 0. The molecular weight excluding hydrogens is 230 g/mol. The second-order valence-electron chi connectivity index (χ2n) is 6.19. The van der Waals surface area contributed by atoms with Crippen molar-refractivity contribution in [2.45, 2.75) is 58.3 Å². The molecule has 1 nitrogen and oxygen atoms in total. The second kappa shape index (κ2) is 7.69. The van der Waals surface area contributed by atoms with Crippen LogP contribution in [0.15, 0.2) is 30.3 Å². The van der Waals surface area contributed by atoms with Gasteiger partial charge in [0.25, 0.3) is 0 Å². The standard InChI is InChI=1S/C18H29N/c1-2-15-19-16-14-18(11-6-7-12-18)13-10-17-8-4-3-5-9-17/h3-5,8-9,19H,2,6-7,10-16H2,1H3. The molecule has 0 bridgehead atoms. The van der Waals surface area contributed by atoms with Gasteiger partial charge in [-0.15, -0.1) is 0 Å². The molecule has 1 saturated carbocycles. The maximum Gasteiger partial charge on any atom is -0.00436 e. The van der Waals surface area contributed by atoms with Crippen molar-refractivity contribution < 1.29 is 0 Å². The van der Waals surface area contributed by atoms with Crippen molar-refractivity contribution >= 4 is 0 Å². The third-order valence-electron chi connectivity index (χ3n) is 4.71. The van der Waals surface area contributed by atoms with Gasteiger partial charge in [-0.3, -0.25) is 0 Å². The second-order valence-corrected chi connectivity index (χ2v) is 6.19. The fourth-order valence-electron chi connectivity index (χ4n) is 3.46. The first-order valence-corrected chi connectivity index (χ1v) is 8.09. The van der Waals surface area contributed by atoms with Crippen molar-refractivity contribution in [3.63, 3.8) is 0 Å². The van der Waals surface area contributed by atoms with Crippen LogP contribution in [0.2, 0.25) is 0 Å². The highest BCUT2D eigenvalue weighted by atomic mass is 14.8. The average Bonchev–Trinajstić information content (AvgIpc) is 2.92. The van der Waals surface area contributed by atoms with Crippen LogP contribution in [0.4, 0.5) is 0 Å². The Labute approximate surface area is 118 Å². The Hall–Kier alpha value is -0.820. The Kier molecular flexibility index (Phi) is 5.91. The molecule has 0 heterocycles. The molecule has 0 amide bonds. The van der Waals surface area contributed by atoms with Gasteiger partial charge in [-0.2, -0.15) is 0 Å². The van der Waals surface area contributed by atoms with E-state index in [1.807, 2.05) is 0 Å². The minimum atomic E-state index is 0.635. The zero-order valence-electron chi connectivity index (χ0n) is 12.5. The zero-order valence-corrected chi connectivity index (χ0v) is 12.5. The predicted octanol–water partition coefficient (Wildman–Crippen LogP) is 4.57. The maximum atomic E-state index is 3.58. The van der Waals surface area contributed by atoms with E-state index >= 15 is 0 Å². The summed E-state index contributed by atoms with van der Waals surface area (Å²) in [7, 11) is 0. The van der Waals surface area contributed by atoms with Gasteiger partial charge < -0.3 is 5.32 Å². The SMILES string of the molecule is CCCNCCC1(CCc2ccccc2)CCCC1. The lowest BCUT2D eigenvalue weighted by atomic mass is 9.77. The molecule has 19 heavy (non-hydrogen) atoms.